The maximum Gasteiger partial charge on any atom is 0.0499 e. The fraction of sp³-hybridized carbons (Fsp3) is 0.800. The Morgan fingerprint density at radius 2 is 2.25 bits per heavy atom. The van der Waals surface area contributed by atoms with Crippen molar-refractivity contribution in [2.75, 3.05) is 19.7 Å². The summed E-state index contributed by atoms with van der Waals surface area (Å²) >= 11 is 0. The van der Waals surface area contributed by atoms with Crippen molar-refractivity contribution < 1.29 is 5.11 Å². The summed E-state index contributed by atoms with van der Waals surface area (Å²) in [6, 6.07) is 0. The lowest BCUT2D eigenvalue weighted by molar-refractivity contribution is 0.208. The van der Waals surface area contributed by atoms with E-state index in [1.807, 2.05) is 6.92 Å². The van der Waals surface area contributed by atoms with Gasteiger partial charge in [0.25, 0.3) is 0 Å². The van der Waals surface area contributed by atoms with Gasteiger partial charge in [0.1, 0.15) is 0 Å². The third-order valence-corrected chi connectivity index (χ3v) is 2.52. The molecule has 2 N–H and O–H groups in total. The van der Waals surface area contributed by atoms with Gasteiger partial charge in [0.15, 0.2) is 0 Å². The van der Waals surface area contributed by atoms with Gasteiger partial charge in [0.05, 0.1) is 0 Å². The smallest absolute Gasteiger partial charge is 0.0499 e. The zero-order valence-electron chi connectivity index (χ0n) is 7.90. The summed E-state index contributed by atoms with van der Waals surface area (Å²) in [5, 5.41) is 12.4. The molecule has 1 saturated carbocycles. The van der Waals surface area contributed by atoms with Gasteiger partial charge in [-0.25, -0.2) is 0 Å². The predicted molar refractivity (Wildman–Crippen MR) is 51.1 cm³/mol. The van der Waals surface area contributed by atoms with Gasteiger partial charge in [-0.1, -0.05) is 5.57 Å². The van der Waals surface area contributed by atoms with E-state index >= 15 is 0 Å². The molecule has 0 atom stereocenters. The quantitative estimate of drug-likeness (QED) is 0.464. The Hall–Kier alpha value is -0.340. The van der Waals surface area contributed by atoms with Crippen molar-refractivity contribution in [2.45, 2.75) is 26.2 Å². The molecule has 0 aliphatic heterocycles. The van der Waals surface area contributed by atoms with Crippen molar-refractivity contribution in [1.82, 2.24) is 5.32 Å². The van der Waals surface area contributed by atoms with Crippen LogP contribution in [0.15, 0.2) is 12.2 Å². The standard InChI is InChI=1S/C10H19NO/c1-9(2)3-6-11-7-10(8-12)4-5-10/h11-12H,1,3-8H2,2H3. The van der Waals surface area contributed by atoms with Crippen LogP contribution < -0.4 is 5.32 Å². The Kier molecular flexibility index (Phi) is 3.29. The molecule has 2 heteroatoms. The second kappa shape index (κ2) is 4.06. The molecule has 0 aromatic heterocycles. The van der Waals surface area contributed by atoms with Gasteiger partial charge in [0.2, 0.25) is 0 Å². The second-order valence-electron chi connectivity index (χ2n) is 4.04. The van der Waals surface area contributed by atoms with Crippen molar-refractivity contribution in [1.29, 1.82) is 0 Å². The van der Waals surface area contributed by atoms with Crippen LogP contribution in [-0.2, 0) is 0 Å². The molecule has 0 spiro atoms. The van der Waals surface area contributed by atoms with Crippen LogP contribution in [0.2, 0.25) is 0 Å². The first-order chi connectivity index (χ1) is 5.68. The van der Waals surface area contributed by atoms with Crippen LogP contribution in [0.4, 0.5) is 0 Å². The molecule has 0 aromatic rings. The number of aliphatic hydroxyl groups excluding tert-OH is 1. The molecule has 0 saturated heterocycles. The molecule has 0 aromatic carbocycles. The first kappa shape index (κ1) is 9.75. The Morgan fingerprint density at radius 3 is 2.67 bits per heavy atom. The van der Waals surface area contributed by atoms with Crippen LogP contribution in [-0.4, -0.2) is 24.8 Å². The van der Waals surface area contributed by atoms with Gasteiger partial charge in [-0.2, -0.15) is 0 Å². The molecule has 12 heavy (non-hydrogen) atoms. The highest BCUT2D eigenvalue weighted by Crippen LogP contribution is 2.44. The van der Waals surface area contributed by atoms with Crippen LogP contribution in [0.1, 0.15) is 26.2 Å². The SMILES string of the molecule is C=C(C)CCNCC1(CO)CC1. The first-order valence-corrected chi connectivity index (χ1v) is 4.64. The molecule has 0 amide bonds. The van der Waals surface area contributed by atoms with Gasteiger partial charge in [-0.15, -0.1) is 6.58 Å². The topological polar surface area (TPSA) is 32.3 Å². The summed E-state index contributed by atoms with van der Waals surface area (Å²) < 4.78 is 0. The average molecular weight is 169 g/mol. The van der Waals surface area contributed by atoms with E-state index in [9.17, 15) is 0 Å². The summed E-state index contributed by atoms with van der Waals surface area (Å²) in [6.07, 6.45) is 3.41. The molecule has 0 bridgehead atoms. The van der Waals surface area contributed by atoms with Crippen molar-refractivity contribution in [3.05, 3.63) is 12.2 Å². The molecule has 1 aliphatic rings. The van der Waals surface area contributed by atoms with Gasteiger partial charge in [0, 0.05) is 18.6 Å². The molecule has 0 unspecified atom stereocenters. The minimum absolute atomic E-state index is 0.245. The monoisotopic (exact) mass is 169 g/mol. The Morgan fingerprint density at radius 1 is 1.58 bits per heavy atom. The van der Waals surface area contributed by atoms with E-state index < -0.39 is 0 Å². The lowest BCUT2D eigenvalue weighted by Gasteiger charge is -2.12. The summed E-state index contributed by atoms with van der Waals surface area (Å²) in [5.74, 6) is 0. The summed E-state index contributed by atoms with van der Waals surface area (Å²) in [6.45, 7) is 8.18. The fourth-order valence-electron chi connectivity index (χ4n) is 1.22. The second-order valence-corrected chi connectivity index (χ2v) is 4.04. The normalized spacial score (nSPS) is 19.2. The molecular weight excluding hydrogens is 150 g/mol. The van der Waals surface area contributed by atoms with Crippen LogP contribution in [0.25, 0.3) is 0 Å². The zero-order valence-corrected chi connectivity index (χ0v) is 7.90. The van der Waals surface area contributed by atoms with E-state index in [1.54, 1.807) is 0 Å². The lowest BCUT2D eigenvalue weighted by Crippen LogP contribution is -2.27. The molecule has 1 rings (SSSR count). The van der Waals surface area contributed by atoms with Gasteiger partial charge in [-0.05, 0) is 32.7 Å². The minimum atomic E-state index is 0.245. The van der Waals surface area contributed by atoms with Crippen molar-refractivity contribution in [3.63, 3.8) is 0 Å². The van der Waals surface area contributed by atoms with Crippen LogP contribution in [0.3, 0.4) is 0 Å². The van der Waals surface area contributed by atoms with E-state index in [0.717, 1.165) is 19.5 Å². The highest BCUT2D eigenvalue weighted by molar-refractivity contribution is 4.95. The molecule has 1 aliphatic carbocycles. The molecule has 70 valence electrons. The van der Waals surface area contributed by atoms with Crippen molar-refractivity contribution >= 4 is 0 Å². The fourth-order valence-corrected chi connectivity index (χ4v) is 1.22. The van der Waals surface area contributed by atoms with Gasteiger partial charge >= 0.3 is 0 Å². The van der Waals surface area contributed by atoms with E-state index in [1.165, 1.54) is 18.4 Å². The number of aliphatic hydroxyl groups is 1. The number of nitrogens with one attached hydrogen (secondary N) is 1. The number of hydrogen-bond acceptors (Lipinski definition) is 2. The summed E-state index contributed by atoms with van der Waals surface area (Å²) in [7, 11) is 0. The molecular formula is C10H19NO. The third-order valence-electron chi connectivity index (χ3n) is 2.52. The summed E-state index contributed by atoms with van der Waals surface area (Å²) in [5.41, 5.74) is 1.46. The Balaban J connectivity index is 1.99. The highest BCUT2D eigenvalue weighted by atomic mass is 16.3. The van der Waals surface area contributed by atoms with Crippen LogP contribution in [0.5, 0.6) is 0 Å². The molecule has 1 fully saturated rings. The van der Waals surface area contributed by atoms with E-state index in [-0.39, 0.29) is 5.41 Å². The van der Waals surface area contributed by atoms with Gasteiger partial charge < -0.3 is 10.4 Å². The van der Waals surface area contributed by atoms with E-state index in [2.05, 4.69) is 11.9 Å². The predicted octanol–water partition coefficient (Wildman–Crippen LogP) is 1.31. The maximum absolute atomic E-state index is 9.01. The lowest BCUT2D eigenvalue weighted by atomic mass is 10.1. The Labute approximate surface area is 74.7 Å². The largest absolute Gasteiger partial charge is 0.396 e. The molecule has 2 nitrogen and oxygen atoms in total. The minimum Gasteiger partial charge on any atom is -0.396 e. The summed E-state index contributed by atoms with van der Waals surface area (Å²) in [4.78, 5) is 0. The highest BCUT2D eigenvalue weighted by Gasteiger charge is 2.41. The number of rotatable bonds is 6. The van der Waals surface area contributed by atoms with Crippen LogP contribution in [0, 0.1) is 5.41 Å². The first-order valence-electron chi connectivity index (χ1n) is 4.64. The molecule has 0 heterocycles. The van der Waals surface area contributed by atoms with Gasteiger partial charge in [-0.3, -0.25) is 0 Å². The average Bonchev–Trinajstić information content (AvgIpc) is 2.79. The maximum atomic E-state index is 9.01. The number of hydrogen-bond donors (Lipinski definition) is 2. The van der Waals surface area contributed by atoms with Crippen molar-refractivity contribution in [2.24, 2.45) is 5.41 Å². The van der Waals surface area contributed by atoms with Crippen LogP contribution >= 0.6 is 0 Å². The third kappa shape index (κ3) is 2.95. The Bertz CT molecular complexity index is 161. The van der Waals surface area contributed by atoms with E-state index in [0.29, 0.717) is 6.61 Å². The molecule has 0 radical (unpaired) electrons. The van der Waals surface area contributed by atoms with E-state index in [4.69, 9.17) is 5.11 Å². The zero-order chi connectivity index (χ0) is 9.03. The van der Waals surface area contributed by atoms with Crippen molar-refractivity contribution in [3.8, 4) is 0 Å².